The number of aliphatic imine (C=N–C) groups is 1. The van der Waals surface area contributed by atoms with E-state index in [0.29, 0.717) is 6.54 Å². The Labute approximate surface area is 137 Å². The Hall–Kier alpha value is -1.24. The Morgan fingerprint density at radius 2 is 2.14 bits per heavy atom. The van der Waals surface area contributed by atoms with Crippen molar-refractivity contribution in [2.75, 3.05) is 19.3 Å². The van der Waals surface area contributed by atoms with Crippen LogP contribution in [0.2, 0.25) is 0 Å². The quantitative estimate of drug-likeness (QED) is 0.617. The molecule has 0 aromatic carbocycles. The van der Waals surface area contributed by atoms with E-state index in [2.05, 4.69) is 57.4 Å². The maximum Gasteiger partial charge on any atom is 0.191 e. The third kappa shape index (κ3) is 4.63. The third-order valence-electron chi connectivity index (χ3n) is 3.89. The minimum atomic E-state index is 0.185. The zero-order chi connectivity index (χ0) is 16.0. The highest BCUT2D eigenvalue weighted by Gasteiger charge is 2.17. The smallest absolute Gasteiger partial charge is 0.191 e. The van der Waals surface area contributed by atoms with Crippen LogP contribution in [-0.4, -0.2) is 44.8 Å². The molecular weight excluding hydrogens is 296 g/mol. The van der Waals surface area contributed by atoms with E-state index in [0.717, 1.165) is 43.7 Å². The summed E-state index contributed by atoms with van der Waals surface area (Å²) >= 11 is 1.85. The molecule has 0 atom stereocenters. The van der Waals surface area contributed by atoms with Gasteiger partial charge in [0.25, 0.3) is 0 Å². The second-order valence-electron chi connectivity index (χ2n) is 6.15. The topological polar surface area (TPSA) is 67.1 Å². The van der Waals surface area contributed by atoms with Crippen LogP contribution in [0.25, 0.3) is 0 Å². The van der Waals surface area contributed by atoms with Gasteiger partial charge in [0.15, 0.2) is 11.8 Å². The van der Waals surface area contributed by atoms with Crippen LogP contribution in [0.4, 0.5) is 0 Å². The lowest BCUT2D eigenvalue weighted by atomic mass is 10.2. The zero-order valence-corrected chi connectivity index (χ0v) is 15.0. The second-order valence-corrected chi connectivity index (χ2v) is 7.67. The van der Waals surface area contributed by atoms with Gasteiger partial charge in [0.05, 0.1) is 0 Å². The molecule has 0 unspecified atom stereocenters. The number of rotatable bonds is 6. The van der Waals surface area contributed by atoms with Crippen molar-refractivity contribution in [1.29, 1.82) is 0 Å². The van der Waals surface area contributed by atoms with Crippen LogP contribution in [0.15, 0.2) is 4.99 Å². The van der Waals surface area contributed by atoms with Crippen molar-refractivity contribution in [1.82, 2.24) is 25.4 Å². The van der Waals surface area contributed by atoms with Crippen molar-refractivity contribution in [2.45, 2.75) is 57.9 Å². The average molecular weight is 324 g/mol. The van der Waals surface area contributed by atoms with Gasteiger partial charge in [-0.05, 0) is 39.9 Å². The molecule has 0 radical (unpaired) electrons. The Morgan fingerprint density at radius 1 is 1.32 bits per heavy atom. The van der Waals surface area contributed by atoms with Gasteiger partial charge in [0.1, 0.15) is 12.4 Å². The molecule has 6 nitrogen and oxygen atoms in total. The van der Waals surface area contributed by atoms with Gasteiger partial charge in [0.2, 0.25) is 0 Å². The molecule has 124 valence electrons. The number of fused-ring (bicyclic) bond motifs is 1. The summed E-state index contributed by atoms with van der Waals surface area (Å²) < 4.78 is 2.41. The van der Waals surface area contributed by atoms with E-state index in [4.69, 9.17) is 0 Å². The van der Waals surface area contributed by atoms with E-state index in [1.165, 1.54) is 12.8 Å². The molecule has 1 aliphatic rings. The Morgan fingerprint density at radius 3 is 2.86 bits per heavy atom. The molecule has 0 amide bonds. The molecule has 0 aliphatic carbocycles. The molecule has 0 spiro atoms. The highest BCUT2D eigenvalue weighted by atomic mass is 32.2. The molecule has 1 aliphatic heterocycles. The fraction of sp³-hybridized carbons (Fsp3) is 0.800. The van der Waals surface area contributed by atoms with Crippen LogP contribution >= 0.6 is 11.8 Å². The number of hydrogen-bond acceptors (Lipinski definition) is 4. The number of nitrogens with one attached hydrogen (secondary N) is 2. The lowest BCUT2D eigenvalue weighted by Crippen LogP contribution is -2.43. The zero-order valence-electron chi connectivity index (χ0n) is 14.1. The molecule has 22 heavy (non-hydrogen) atoms. The first kappa shape index (κ1) is 17.1. The Bertz CT molecular complexity index is 508. The molecule has 1 aromatic heterocycles. The summed E-state index contributed by atoms with van der Waals surface area (Å²) in [6, 6.07) is 0. The molecule has 2 N–H and O–H groups in total. The highest BCUT2D eigenvalue weighted by molar-refractivity contribution is 7.99. The molecule has 0 saturated heterocycles. The van der Waals surface area contributed by atoms with Gasteiger partial charge in [-0.1, -0.05) is 0 Å². The van der Waals surface area contributed by atoms with E-state index in [1.54, 1.807) is 0 Å². The van der Waals surface area contributed by atoms with Gasteiger partial charge < -0.3 is 15.2 Å². The molecule has 0 bridgehead atoms. The summed E-state index contributed by atoms with van der Waals surface area (Å²) in [4.78, 5) is 4.66. The molecule has 0 saturated carbocycles. The van der Waals surface area contributed by atoms with Gasteiger partial charge in [-0.25, -0.2) is 4.99 Å². The van der Waals surface area contributed by atoms with Gasteiger partial charge in [0, 0.05) is 30.8 Å². The normalized spacial score (nSPS) is 15.5. The van der Waals surface area contributed by atoms with Crippen LogP contribution < -0.4 is 10.6 Å². The van der Waals surface area contributed by atoms with Crippen molar-refractivity contribution in [3.63, 3.8) is 0 Å². The number of guanidine groups is 1. The summed E-state index contributed by atoms with van der Waals surface area (Å²) in [5.74, 6) is 2.92. The summed E-state index contributed by atoms with van der Waals surface area (Å²) in [5.41, 5.74) is 0. The predicted molar refractivity (Wildman–Crippen MR) is 93.4 cm³/mol. The number of aromatic nitrogens is 3. The number of thioether (sulfide) groups is 1. The molecule has 7 heteroatoms. The fourth-order valence-corrected chi connectivity index (χ4v) is 2.56. The van der Waals surface area contributed by atoms with Crippen molar-refractivity contribution < 1.29 is 0 Å². The number of nitrogens with zero attached hydrogens (tertiary/aromatic N) is 4. The monoisotopic (exact) mass is 324 g/mol. The van der Waals surface area contributed by atoms with Crippen LogP contribution in [0.3, 0.4) is 0 Å². The molecule has 2 heterocycles. The minimum Gasteiger partial charge on any atom is -0.357 e. The van der Waals surface area contributed by atoms with Crippen LogP contribution in [0.1, 0.15) is 45.3 Å². The van der Waals surface area contributed by atoms with Gasteiger partial charge in [-0.15, -0.1) is 10.2 Å². The van der Waals surface area contributed by atoms with E-state index in [9.17, 15) is 0 Å². The van der Waals surface area contributed by atoms with Crippen LogP contribution in [0, 0.1) is 0 Å². The summed E-state index contributed by atoms with van der Waals surface area (Å²) in [5, 5.41) is 15.3. The van der Waals surface area contributed by atoms with E-state index >= 15 is 0 Å². The van der Waals surface area contributed by atoms with E-state index in [-0.39, 0.29) is 4.75 Å². The van der Waals surface area contributed by atoms with Crippen molar-refractivity contribution in [3.05, 3.63) is 11.6 Å². The first-order valence-corrected chi connectivity index (χ1v) is 9.26. The summed E-state index contributed by atoms with van der Waals surface area (Å²) in [7, 11) is 0. The van der Waals surface area contributed by atoms with E-state index in [1.807, 2.05) is 11.8 Å². The van der Waals surface area contributed by atoms with Crippen molar-refractivity contribution >= 4 is 17.7 Å². The molecular formula is C15H28N6S. The Balaban J connectivity index is 1.99. The van der Waals surface area contributed by atoms with Crippen LogP contribution in [0.5, 0.6) is 0 Å². The van der Waals surface area contributed by atoms with Crippen LogP contribution in [-0.2, 0) is 19.5 Å². The van der Waals surface area contributed by atoms with Crippen molar-refractivity contribution in [3.8, 4) is 0 Å². The fourth-order valence-electron chi connectivity index (χ4n) is 2.35. The number of hydrogen-bond donors (Lipinski definition) is 2. The summed E-state index contributed by atoms with van der Waals surface area (Å²) in [6.07, 6.45) is 5.60. The largest absolute Gasteiger partial charge is 0.357 e. The predicted octanol–water partition coefficient (Wildman–Crippen LogP) is 1.81. The maximum atomic E-state index is 4.66. The van der Waals surface area contributed by atoms with Crippen molar-refractivity contribution in [2.24, 2.45) is 4.99 Å². The molecule has 1 aromatic rings. The lowest BCUT2D eigenvalue weighted by Gasteiger charge is -2.23. The molecule has 0 fully saturated rings. The average Bonchev–Trinajstić information content (AvgIpc) is 2.93. The van der Waals surface area contributed by atoms with Gasteiger partial charge >= 0.3 is 0 Å². The summed E-state index contributed by atoms with van der Waals surface area (Å²) in [6.45, 7) is 9.85. The first-order chi connectivity index (χ1) is 10.6. The lowest BCUT2D eigenvalue weighted by molar-refractivity contribution is 0.508. The standard InChI is InChI=1S/C15H28N6S/c1-5-16-14(18-11-15(2,3)22-4)17-10-13-20-19-12-8-6-7-9-21(12)13/h5-11H2,1-4H3,(H2,16,17,18). The van der Waals surface area contributed by atoms with Gasteiger partial charge in [-0.3, -0.25) is 0 Å². The maximum absolute atomic E-state index is 4.66. The van der Waals surface area contributed by atoms with Gasteiger partial charge in [-0.2, -0.15) is 11.8 Å². The minimum absolute atomic E-state index is 0.185. The molecule has 2 rings (SSSR count). The Kier molecular flexibility index (Phi) is 6.11. The van der Waals surface area contributed by atoms with E-state index < -0.39 is 0 Å². The SMILES string of the molecule is CCNC(=NCc1nnc2n1CCCC2)NCC(C)(C)SC. The number of aryl methyl sites for hydroxylation is 1. The highest BCUT2D eigenvalue weighted by Crippen LogP contribution is 2.19. The second kappa shape index (κ2) is 7.85. The first-order valence-electron chi connectivity index (χ1n) is 8.04. The third-order valence-corrected chi connectivity index (χ3v) is 5.14.